The van der Waals surface area contributed by atoms with Crippen molar-refractivity contribution in [2.75, 3.05) is 18.4 Å². The van der Waals surface area contributed by atoms with Gasteiger partial charge in [0, 0.05) is 5.69 Å². The van der Waals surface area contributed by atoms with E-state index in [0.29, 0.717) is 12.5 Å². The second-order valence-corrected chi connectivity index (χ2v) is 6.78. The first-order chi connectivity index (χ1) is 11.1. The van der Waals surface area contributed by atoms with Gasteiger partial charge in [0.05, 0.1) is 6.54 Å². The Labute approximate surface area is 140 Å². The molecule has 0 aliphatic heterocycles. The quantitative estimate of drug-likeness (QED) is 0.573. The van der Waals surface area contributed by atoms with Crippen LogP contribution in [0.15, 0.2) is 29.8 Å². The Morgan fingerprint density at radius 3 is 2.78 bits per heavy atom. The van der Waals surface area contributed by atoms with Crippen molar-refractivity contribution in [3.05, 3.63) is 41.0 Å². The predicted molar refractivity (Wildman–Crippen MR) is 97.9 cm³/mol. The molecular weight excluding hydrogens is 284 g/mol. The normalized spacial score (nSPS) is 14.7. The fourth-order valence-electron chi connectivity index (χ4n) is 3.11. The Kier molecular flexibility index (Phi) is 6.85. The van der Waals surface area contributed by atoms with Gasteiger partial charge in [-0.2, -0.15) is 0 Å². The minimum Gasteiger partial charge on any atom is -0.324 e. The highest BCUT2D eigenvalue weighted by atomic mass is 16.1. The third-order valence-electron chi connectivity index (χ3n) is 4.48. The van der Waals surface area contributed by atoms with Crippen LogP contribution in [-0.4, -0.2) is 19.0 Å². The van der Waals surface area contributed by atoms with Gasteiger partial charge in [0.2, 0.25) is 5.91 Å². The minimum atomic E-state index is 0.0406. The van der Waals surface area contributed by atoms with E-state index in [2.05, 4.69) is 42.7 Å². The molecule has 2 rings (SSSR count). The van der Waals surface area contributed by atoms with E-state index < -0.39 is 0 Å². The maximum absolute atomic E-state index is 12.2. The summed E-state index contributed by atoms with van der Waals surface area (Å²) in [6, 6.07) is 6.19. The van der Waals surface area contributed by atoms with Gasteiger partial charge in [-0.25, -0.2) is 0 Å². The van der Waals surface area contributed by atoms with Gasteiger partial charge in [-0.1, -0.05) is 43.7 Å². The molecule has 3 heteroatoms. The molecule has 1 amide bonds. The van der Waals surface area contributed by atoms with Crippen LogP contribution in [0.1, 0.15) is 63.0 Å². The van der Waals surface area contributed by atoms with Crippen molar-refractivity contribution in [1.29, 1.82) is 0 Å². The van der Waals surface area contributed by atoms with Crippen molar-refractivity contribution in [3.63, 3.8) is 0 Å². The van der Waals surface area contributed by atoms with E-state index in [9.17, 15) is 4.79 Å². The number of carbonyl (C=O) groups is 1. The SMILES string of the molecule is Cc1cccc(C(C)C)c1NC(=O)CNCCC1=CCCCC1. The van der Waals surface area contributed by atoms with E-state index in [-0.39, 0.29) is 5.91 Å². The number of anilines is 1. The van der Waals surface area contributed by atoms with Crippen molar-refractivity contribution in [1.82, 2.24) is 5.32 Å². The number of amides is 1. The Bertz CT molecular complexity index is 561. The number of aryl methyl sites for hydroxylation is 1. The summed E-state index contributed by atoms with van der Waals surface area (Å²) in [5.41, 5.74) is 4.84. The lowest BCUT2D eigenvalue weighted by atomic mass is 9.97. The lowest BCUT2D eigenvalue weighted by molar-refractivity contribution is -0.115. The summed E-state index contributed by atoms with van der Waals surface area (Å²) in [5.74, 6) is 0.440. The molecule has 1 aromatic carbocycles. The van der Waals surface area contributed by atoms with Crippen molar-refractivity contribution in [3.8, 4) is 0 Å². The van der Waals surface area contributed by atoms with Crippen LogP contribution >= 0.6 is 0 Å². The maximum atomic E-state index is 12.2. The van der Waals surface area contributed by atoms with Crippen LogP contribution in [-0.2, 0) is 4.79 Å². The second-order valence-electron chi connectivity index (χ2n) is 6.78. The van der Waals surface area contributed by atoms with Crippen molar-refractivity contribution in [2.24, 2.45) is 0 Å². The van der Waals surface area contributed by atoms with E-state index in [0.717, 1.165) is 24.2 Å². The second kappa shape index (κ2) is 8.88. The molecule has 0 bridgehead atoms. The van der Waals surface area contributed by atoms with E-state index in [1.807, 2.05) is 13.0 Å². The average Bonchev–Trinajstić information content (AvgIpc) is 2.54. The number of hydrogen-bond donors (Lipinski definition) is 2. The van der Waals surface area contributed by atoms with Gasteiger partial charge in [-0.3, -0.25) is 4.79 Å². The van der Waals surface area contributed by atoms with Gasteiger partial charge in [-0.15, -0.1) is 0 Å². The average molecular weight is 314 g/mol. The van der Waals surface area contributed by atoms with Crippen LogP contribution in [0.4, 0.5) is 5.69 Å². The van der Waals surface area contributed by atoms with Gasteiger partial charge in [0.25, 0.3) is 0 Å². The molecule has 0 saturated heterocycles. The van der Waals surface area contributed by atoms with Crippen molar-refractivity contribution >= 4 is 11.6 Å². The number of para-hydroxylation sites is 1. The van der Waals surface area contributed by atoms with Gasteiger partial charge >= 0.3 is 0 Å². The van der Waals surface area contributed by atoms with Gasteiger partial charge in [0.1, 0.15) is 0 Å². The molecule has 23 heavy (non-hydrogen) atoms. The number of allylic oxidation sites excluding steroid dienone is 1. The summed E-state index contributed by atoms with van der Waals surface area (Å²) in [4.78, 5) is 12.2. The fraction of sp³-hybridized carbons (Fsp3) is 0.550. The molecule has 0 heterocycles. The van der Waals surface area contributed by atoms with E-state index >= 15 is 0 Å². The van der Waals surface area contributed by atoms with Gasteiger partial charge in [0.15, 0.2) is 0 Å². The lowest BCUT2D eigenvalue weighted by Crippen LogP contribution is -2.29. The Morgan fingerprint density at radius 1 is 1.26 bits per heavy atom. The summed E-state index contributed by atoms with van der Waals surface area (Å²) in [6.45, 7) is 7.61. The first kappa shape index (κ1) is 17.7. The molecular formula is C20H30N2O. The lowest BCUT2D eigenvalue weighted by Gasteiger charge is -2.17. The Morgan fingerprint density at radius 2 is 2.09 bits per heavy atom. The first-order valence-electron chi connectivity index (χ1n) is 8.86. The van der Waals surface area contributed by atoms with Crippen molar-refractivity contribution in [2.45, 2.75) is 58.8 Å². The third kappa shape index (κ3) is 5.51. The summed E-state index contributed by atoms with van der Waals surface area (Å²) in [7, 11) is 0. The zero-order valence-electron chi connectivity index (χ0n) is 14.7. The zero-order valence-corrected chi connectivity index (χ0v) is 14.7. The molecule has 0 radical (unpaired) electrons. The van der Waals surface area contributed by atoms with Crippen LogP contribution in [0.2, 0.25) is 0 Å². The number of rotatable bonds is 7. The van der Waals surface area contributed by atoms with Gasteiger partial charge < -0.3 is 10.6 Å². The number of carbonyl (C=O) groups excluding carboxylic acids is 1. The molecule has 2 N–H and O–H groups in total. The van der Waals surface area contributed by atoms with E-state index in [1.165, 1.54) is 31.2 Å². The molecule has 126 valence electrons. The van der Waals surface area contributed by atoms with Crippen LogP contribution < -0.4 is 10.6 Å². The maximum Gasteiger partial charge on any atom is 0.238 e. The first-order valence-corrected chi connectivity index (χ1v) is 8.86. The van der Waals surface area contributed by atoms with Crippen LogP contribution in [0.3, 0.4) is 0 Å². The molecule has 0 aromatic heterocycles. The predicted octanol–water partition coefficient (Wildman–Crippen LogP) is 4.54. The smallest absolute Gasteiger partial charge is 0.238 e. The van der Waals surface area contributed by atoms with Gasteiger partial charge in [-0.05, 0) is 62.6 Å². The highest BCUT2D eigenvalue weighted by Crippen LogP contribution is 2.27. The minimum absolute atomic E-state index is 0.0406. The molecule has 0 saturated carbocycles. The molecule has 1 aromatic rings. The number of hydrogen-bond acceptors (Lipinski definition) is 2. The Hall–Kier alpha value is -1.61. The summed E-state index contributed by atoms with van der Waals surface area (Å²) < 4.78 is 0. The summed E-state index contributed by atoms with van der Waals surface area (Å²) in [6.07, 6.45) is 8.53. The molecule has 0 atom stereocenters. The number of nitrogens with one attached hydrogen (secondary N) is 2. The van der Waals surface area contributed by atoms with Crippen LogP contribution in [0, 0.1) is 6.92 Å². The molecule has 1 aliphatic rings. The van der Waals surface area contributed by atoms with Crippen LogP contribution in [0.25, 0.3) is 0 Å². The molecule has 1 aliphatic carbocycles. The van der Waals surface area contributed by atoms with Crippen LogP contribution in [0.5, 0.6) is 0 Å². The standard InChI is InChI=1S/C20H30N2O/c1-15(2)18-11-7-8-16(3)20(18)22-19(23)14-21-13-12-17-9-5-4-6-10-17/h7-9,11,15,21H,4-6,10,12-14H2,1-3H3,(H,22,23). The van der Waals surface area contributed by atoms with E-state index in [1.54, 1.807) is 5.57 Å². The summed E-state index contributed by atoms with van der Waals surface area (Å²) >= 11 is 0. The van der Waals surface area contributed by atoms with Crippen molar-refractivity contribution < 1.29 is 4.79 Å². The summed E-state index contributed by atoms with van der Waals surface area (Å²) in [5, 5.41) is 6.35. The fourth-order valence-corrected chi connectivity index (χ4v) is 3.11. The largest absolute Gasteiger partial charge is 0.324 e. The van der Waals surface area contributed by atoms with E-state index in [4.69, 9.17) is 0 Å². The molecule has 0 spiro atoms. The highest BCUT2D eigenvalue weighted by Gasteiger charge is 2.11. The number of benzene rings is 1. The molecule has 0 unspecified atom stereocenters. The monoisotopic (exact) mass is 314 g/mol. The zero-order chi connectivity index (χ0) is 16.7. The molecule has 3 nitrogen and oxygen atoms in total. The molecule has 0 fully saturated rings. The highest BCUT2D eigenvalue weighted by molar-refractivity contribution is 5.93. The Balaban J connectivity index is 1.80. The third-order valence-corrected chi connectivity index (χ3v) is 4.48. The topological polar surface area (TPSA) is 41.1 Å².